The molecule has 2 fully saturated rings. The molecule has 2 heterocycles. The van der Waals surface area contributed by atoms with E-state index in [9.17, 15) is 0 Å². The Balaban J connectivity index is 0.00000192. The number of rotatable bonds is 3. The molecule has 0 bridgehead atoms. The maximum Gasteiger partial charge on any atom is 0.193 e. The second kappa shape index (κ2) is 9.20. The molecule has 6 heteroatoms. The average molecular weight is 449 g/mol. The Morgan fingerprint density at radius 2 is 2.22 bits per heavy atom. The van der Waals surface area contributed by atoms with Gasteiger partial charge in [-0.3, -0.25) is 4.99 Å². The number of nitrogens with one attached hydrogen (secondary N) is 1. The van der Waals surface area contributed by atoms with Gasteiger partial charge in [-0.15, -0.1) is 24.0 Å². The molecule has 0 radical (unpaired) electrons. The third-order valence-corrected chi connectivity index (χ3v) is 6.30. The topological polar surface area (TPSA) is 40.8 Å². The molecular weight excluding hydrogens is 421 g/mol. The number of nitrogens with zero attached hydrogens (tertiary/aromatic N) is 2. The van der Waals surface area contributed by atoms with Crippen molar-refractivity contribution in [1.82, 2.24) is 10.2 Å². The second-order valence-corrected chi connectivity index (χ2v) is 7.88. The molecule has 0 amide bonds. The SMILES string of the molecule is CN=C(NCCc1ccco1)N1CCSC2(CCCCC2)C1.I. The highest BCUT2D eigenvalue weighted by atomic mass is 127. The summed E-state index contributed by atoms with van der Waals surface area (Å²) in [5.41, 5.74) is 0. The first-order chi connectivity index (χ1) is 10.8. The summed E-state index contributed by atoms with van der Waals surface area (Å²) < 4.78 is 5.87. The lowest BCUT2D eigenvalue weighted by molar-refractivity contribution is 0.293. The first-order valence-corrected chi connectivity index (χ1v) is 9.42. The molecule has 1 aromatic rings. The summed E-state index contributed by atoms with van der Waals surface area (Å²) in [5, 5.41) is 3.51. The van der Waals surface area contributed by atoms with Gasteiger partial charge in [-0.1, -0.05) is 19.3 Å². The molecule has 1 N–H and O–H groups in total. The number of furan rings is 1. The van der Waals surface area contributed by atoms with Crippen molar-refractivity contribution >= 4 is 41.7 Å². The van der Waals surface area contributed by atoms with Gasteiger partial charge in [-0.25, -0.2) is 0 Å². The normalized spacial score (nSPS) is 21.1. The Morgan fingerprint density at radius 3 is 2.91 bits per heavy atom. The van der Waals surface area contributed by atoms with Crippen LogP contribution in [-0.2, 0) is 6.42 Å². The number of halogens is 1. The van der Waals surface area contributed by atoms with Gasteiger partial charge in [0, 0.05) is 43.6 Å². The molecule has 4 nitrogen and oxygen atoms in total. The molecule has 0 aromatic carbocycles. The summed E-state index contributed by atoms with van der Waals surface area (Å²) in [5.74, 6) is 3.30. The Bertz CT molecular complexity index is 481. The van der Waals surface area contributed by atoms with Gasteiger partial charge in [0.15, 0.2) is 5.96 Å². The predicted octanol–water partition coefficient (Wildman–Crippen LogP) is 3.77. The van der Waals surface area contributed by atoms with E-state index in [1.807, 2.05) is 19.2 Å². The van der Waals surface area contributed by atoms with Crippen LogP contribution in [0.15, 0.2) is 27.8 Å². The maximum absolute atomic E-state index is 5.39. The van der Waals surface area contributed by atoms with Crippen molar-refractivity contribution in [2.24, 2.45) is 4.99 Å². The summed E-state index contributed by atoms with van der Waals surface area (Å²) in [6.07, 6.45) is 9.59. The van der Waals surface area contributed by atoms with Crippen molar-refractivity contribution in [3.63, 3.8) is 0 Å². The molecular formula is C17H28IN3OS. The zero-order valence-corrected chi connectivity index (χ0v) is 17.1. The standard InChI is InChI=1S/C17H27N3OS.HI/c1-18-16(19-10-7-15-6-5-12-21-15)20-11-13-22-17(14-20)8-3-2-4-9-17;/h5-6,12H,2-4,7-11,13-14H2,1H3,(H,18,19);1H. The summed E-state index contributed by atoms with van der Waals surface area (Å²) in [6.45, 7) is 3.13. The van der Waals surface area contributed by atoms with Crippen LogP contribution in [0.3, 0.4) is 0 Å². The zero-order valence-electron chi connectivity index (χ0n) is 13.9. The number of hydrogen-bond acceptors (Lipinski definition) is 3. The minimum Gasteiger partial charge on any atom is -0.469 e. The summed E-state index contributed by atoms with van der Waals surface area (Å²) in [7, 11) is 1.89. The van der Waals surface area contributed by atoms with E-state index >= 15 is 0 Å². The van der Waals surface area contributed by atoms with Gasteiger partial charge in [-0.2, -0.15) is 11.8 Å². The molecule has 1 aliphatic carbocycles. The Morgan fingerprint density at radius 1 is 1.39 bits per heavy atom. The number of guanidine groups is 1. The Hall–Kier alpha value is -0.370. The molecule has 1 aliphatic heterocycles. The monoisotopic (exact) mass is 449 g/mol. The Labute approximate surface area is 160 Å². The van der Waals surface area contributed by atoms with E-state index in [4.69, 9.17) is 4.42 Å². The van der Waals surface area contributed by atoms with Crippen LogP contribution in [0.4, 0.5) is 0 Å². The minimum absolute atomic E-state index is 0. The van der Waals surface area contributed by atoms with E-state index in [1.54, 1.807) is 6.26 Å². The van der Waals surface area contributed by atoms with Gasteiger partial charge in [-0.05, 0) is 25.0 Å². The van der Waals surface area contributed by atoms with Crippen LogP contribution >= 0.6 is 35.7 Å². The summed E-state index contributed by atoms with van der Waals surface area (Å²) in [6, 6.07) is 3.97. The first kappa shape index (κ1) is 19.0. The smallest absolute Gasteiger partial charge is 0.193 e. The average Bonchev–Trinajstić information content (AvgIpc) is 3.06. The fourth-order valence-electron chi connectivity index (χ4n) is 3.61. The quantitative estimate of drug-likeness (QED) is 0.434. The van der Waals surface area contributed by atoms with Crippen LogP contribution < -0.4 is 5.32 Å². The van der Waals surface area contributed by atoms with Gasteiger partial charge in [0.2, 0.25) is 0 Å². The third kappa shape index (κ3) is 5.05. The lowest BCUT2D eigenvalue weighted by atomic mass is 9.87. The van der Waals surface area contributed by atoms with Gasteiger partial charge >= 0.3 is 0 Å². The minimum atomic E-state index is 0. The van der Waals surface area contributed by atoms with Gasteiger partial charge in [0.05, 0.1) is 6.26 Å². The van der Waals surface area contributed by atoms with E-state index in [2.05, 4.69) is 27.0 Å². The number of thioether (sulfide) groups is 1. The van der Waals surface area contributed by atoms with Gasteiger partial charge in [0.25, 0.3) is 0 Å². The molecule has 1 saturated heterocycles. The summed E-state index contributed by atoms with van der Waals surface area (Å²) in [4.78, 5) is 6.96. The fraction of sp³-hybridized carbons (Fsp3) is 0.706. The second-order valence-electron chi connectivity index (χ2n) is 6.32. The van der Waals surface area contributed by atoms with Crippen molar-refractivity contribution in [1.29, 1.82) is 0 Å². The predicted molar refractivity (Wildman–Crippen MR) is 109 cm³/mol. The van der Waals surface area contributed by atoms with E-state index in [0.29, 0.717) is 4.75 Å². The molecule has 3 rings (SSSR count). The maximum atomic E-state index is 5.39. The van der Waals surface area contributed by atoms with Crippen LogP contribution in [0.1, 0.15) is 37.9 Å². The molecule has 1 saturated carbocycles. The van der Waals surface area contributed by atoms with E-state index in [1.165, 1.54) is 37.9 Å². The van der Waals surface area contributed by atoms with Crippen LogP contribution in [0.2, 0.25) is 0 Å². The van der Waals surface area contributed by atoms with E-state index in [-0.39, 0.29) is 24.0 Å². The van der Waals surface area contributed by atoms with Crippen molar-refractivity contribution in [3.05, 3.63) is 24.2 Å². The number of hydrogen-bond donors (Lipinski definition) is 1. The van der Waals surface area contributed by atoms with Crippen LogP contribution in [0.5, 0.6) is 0 Å². The molecule has 0 atom stereocenters. The van der Waals surface area contributed by atoms with Gasteiger partial charge < -0.3 is 14.6 Å². The highest BCUT2D eigenvalue weighted by Gasteiger charge is 2.38. The number of aliphatic imine (C=N–C) groups is 1. The molecule has 130 valence electrons. The highest BCUT2D eigenvalue weighted by Crippen LogP contribution is 2.42. The molecule has 2 aliphatic rings. The van der Waals surface area contributed by atoms with Crippen molar-refractivity contribution < 1.29 is 4.42 Å². The zero-order chi connectivity index (χ0) is 15.3. The molecule has 23 heavy (non-hydrogen) atoms. The molecule has 1 spiro atoms. The summed E-state index contributed by atoms with van der Waals surface area (Å²) >= 11 is 2.20. The lowest BCUT2D eigenvalue weighted by Gasteiger charge is -2.45. The Kier molecular flexibility index (Phi) is 7.59. The van der Waals surface area contributed by atoms with Crippen molar-refractivity contribution in [3.8, 4) is 0 Å². The fourth-order valence-corrected chi connectivity index (χ4v) is 5.18. The van der Waals surface area contributed by atoms with Crippen LogP contribution in [0, 0.1) is 0 Å². The van der Waals surface area contributed by atoms with Crippen LogP contribution in [-0.4, -0.2) is 48.0 Å². The largest absolute Gasteiger partial charge is 0.469 e. The van der Waals surface area contributed by atoms with E-state index in [0.717, 1.165) is 37.8 Å². The lowest BCUT2D eigenvalue weighted by Crippen LogP contribution is -2.53. The van der Waals surface area contributed by atoms with Crippen molar-refractivity contribution in [2.45, 2.75) is 43.3 Å². The first-order valence-electron chi connectivity index (χ1n) is 8.43. The van der Waals surface area contributed by atoms with E-state index < -0.39 is 0 Å². The van der Waals surface area contributed by atoms with Crippen LogP contribution in [0.25, 0.3) is 0 Å². The van der Waals surface area contributed by atoms with Gasteiger partial charge in [0.1, 0.15) is 5.76 Å². The highest BCUT2D eigenvalue weighted by molar-refractivity contribution is 14.0. The van der Waals surface area contributed by atoms with Crippen molar-refractivity contribution in [2.75, 3.05) is 32.4 Å². The third-order valence-electron chi connectivity index (χ3n) is 4.76. The molecule has 0 unspecified atom stereocenters. The molecule has 1 aromatic heterocycles.